The van der Waals surface area contributed by atoms with Gasteiger partial charge in [-0.15, -0.1) is 11.3 Å². The molecule has 1 heterocycles. The molecular weight excluding hydrogens is 164 g/mol. The number of nitrogens with two attached hydrogens (primary N) is 1. The molecular formula is C6H8N2O2S. The number of hydrogen-bond donors (Lipinski definition) is 2. The largest absolute Gasteiger partial charge is 0.477 e. The predicted octanol–water partition coefficient (Wildman–Crippen LogP) is 0.686. The van der Waals surface area contributed by atoms with Crippen LogP contribution in [0.2, 0.25) is 0 Å². The molecule has 0 aliphatic heterocycles. The second-order valence-electron chi connectivity index (χ2n) is 1.51. The Hall–Kier alpha value is -1.36. The molecule has 0 amide bonds. The average molecular weight is 172 g/mol. The molecule has 60 valence electrons. The first-order valence-electron chi connectivity index (χ1n) is 2.64. The second-order valence-corrected chi connectivity index (χ2v) is 2.26. The lowest BCUT2D eigenvalue weighted by Crippen LogP contribution is -2.06. The Labute approximate surface area is 68.0 Å². The summed E-state index contributed by atoms with van der Waals surface area (Å²) < 4.78 is 0. The van der Waals surface area contributed by atoms with E-state index in [0.717, 1.165) is 0 Å². The summed E-state index contributed by atoms with van der Waals surface area (Å²) in [7, 11) is 0. The summed E-state index contributed by atoms with van der Waals surface area (Å²) >= 11 is 1.60. The van der Waals surface area contributed by atoms with Crippen LogP contribution in [0.1, 0.15) is 0 Å². The molecule has 0 aromatic carbocycles. The van der Waals surface area contributed by atoms with E-state index < -0.39 is 5.97 Å². The van der Waals surface area contributed by atoms with E-state index in [9.17, 15) is 4.79 Å². The first kappa shape index (κ1) is 9.64. The minimum atomic E-state index is -1.16. The van der Waals surface area contributed by atoms with Crippen LogP contribution < -0.4 is 5.73 Å². The van der Waals surface area contributed by atoms with Crippen LogP contribution in [0.25, 0.3) is 0 Å². The molecule has 0 saturated heterocycles. The molecule has 4 nitrogen and oxygen atoms in total. The van der Waals surface area contributed by atoms with E-state index in [0.29, 0.717) is 0 Å². The molecule has 1 rings (SSSR count). The third-order valence-electron chi connectivity index (χ3n) is 0.622. The number of rotatable bonds is 1. The standard InChI is InChI=1S/C3H5NO2.C3H3NS/c1-2(4)3(5)6;1-2-5-3-4-1/h1,4H2,(H,5,6);1-3H. The maximum atomic E-state index is 9.47. The number of carboxylic acids is 1. The van der Waals surface area contributed by atoms with Crippen LogP contribution >= 0.6 is 11.3 Å². The molecule has 11 heavy (non-hydrogen) atoms. The molecule has 0 aliphatic rings. The first-order chi connectivity index (χ1) is 5.14. The van der Waals surface area contributed by atoms with Crippen LogP contribution in [0.15, 0.2) is 29.4 Å². The Morgan fingerprint density at radius 3 is 2.36 bits per heavy atom. The number of aliphatic carboxylic acids is 1. The van der Waals surface area contributed by atoms with Crippen molar-refractivity contribution in [3.63, 3.8) is 0 Å². The fourth-order valence-corrected chi connectivity index (χ4v) is 0.527. The number of nitrogens with zero attached hydrogens (tertiary/aromatic N) is 1. The van der Waals surface area contributed by atoms with E-state index >= 15 is 0 Å². The normalized spacial score (nSPS) is 7.64. The molecule has 5 heteroatoms. The van der Waals surface area contributed by atoms with E-state index in [1.54, 1.807) is 23.0 Å². The molecule has 1 aromatic heterocycles. The van der Waals surface area contributed by atoms with Gasteiger partial charge in [-0.1, -0.05) is 6.58 Å². The van der Waals surface area contributed by atoms with Crippen LogP contribution in [0.4, 0.5) is 0 Å². The third-order valence-corrected chi connectivity index (χ3v) is 1.14. The molecule has 1 aromatic rings. The lowest BCUT2D eigenvalue weighted by molar-refractivity contribution is -0.132. The Kier molecular flexibility index (Phi) is 4.76. The fraction of sp³-hybridized carbons (Fsp3) is 0. The molecule has 0 spiro atoms. The number of aromatic nitrogens is 1. The van der Waals surface area contributed by atoms with Crippen molar-refractivity contribution in [2.24, 2.45) is 5.73 Å². The molecule has 0 saturated carbocycles. The SMILES string of the molecule is C=C(N)C(=O)O.c1cscn1. The van der Waals surface area contributed by atoms with Crippen LogP contribution in [0.3, 0.4) is 0 Å². The quantitative estimate of drug-likeness (QED) is 0.611. The summed E-state index contributed by atoms with van der Waals surface area (Å²) in [4.78, 5) is 13.2. The third kappa shape index (κ3) is 6.53. The highest BCUT2D eigenvalue weighted by molar-refractivity contribution is 7.07. The highest BCUT2D eigenvalue weighted by atomic mass is 32.1. The summed E-state index contributed by atoms with van der Waals surface area (Å²) in [6.07, 6.45) is 1.77. The van der Waals surface area contributed by atoms with Crippen LogP contribution in [-0.2, 0) is 4.79 Å². The zero-order valence-corrected chi connectivity index (χ0v) is 6.54. The number of hydrogen-bond acceptors (Lipinski definition) is 4. The fourth-order valence-electron chi connectivity index (χ4n) is 0.176. The summed E-state index contributed by atoms with van der Waals surface area (Å²) in [5.74, 6) is -1.16. The number of carboxylic acid groups (broad SMARTS) is 1. The maximum Gasteiger partial charge on any atom is 0.351 e. The molecule has 0 unspecified atom stereocenters. The van der Waals surface area contributed by atoms with Gasteiger partial charge in [0.05, 0.1) is 5.51 Å². The van der Waals surface area contributed by atoms with E-state index in [-0.39, 0.29) is 5.70 Å². The Balaban J connectivity index is 0.000000183. The average Bonchev–Trinajstić information content (AvgIpc) is 2.41. The molecule has 0 radical (unpaired) electrons. The van der Waals surface area contributed by atoms with Gasteiger partial charge in [0.1, 0.15) is 5.70 Å². The van der Waals surface area contributed by atoms with E-state index in [1.807, 2.05) is 5.38 Å². The molecule has 3 N–H and O–H groups in total. The van der Waals surface area contributed by atoms with Gasteiger partial charge in [0, 0.05) is 11.6 Å². The Morgan fingerprint density at radius 2 is 2.27 bits per heavy atom. The maximum absolute atomic E-state index is 9.47. The summed E-state index contributed by atoms with van der Waals surface area (Å²) in [5.41, 5.74) is 6.11. The van der Waals surface area contributed by atoms with Crippen molar-refractivity contribution in [3.8, 4) is 0 Å². The minimum absolute atomic E-state index is 0.324. The van der Waals surface area contributed by atoms with Gasteiger partial charge in [-0.2, -0.15) is 0 Å². The van der Waals surface area contributed by atoms with Crippen LogP contribution in [-0.4, -0.2) is 16.1 Å². The lowest BCUT2D eigenvalue weighted by atomic mass is 10.5. The van der Waals surface area contributed by atoms with Crippen molar-refractivity contribution in [3.05, 3.63) is 29.4 Å². The lowest BCUT2D eigenvalue weighted by Gasteiger charge is -1.81. The van der Waals surface area contributed by atoms with Gasteiger partial charge >= 0.3 is 5.97 Å². The highest BCUT2D eigenvalue weighted by Gasteiger charge is 1.91. The van der Waals surface area contributed by atoms with Gasteiger partial charge < -0.3 is 10.8 Å². The van der Waals surface area contributed by atoms with Crippen molar-refractivity contribution >= 4 is 17.3 Å². The van der Waals surface area contributed by atoms with Gasteiger partial charge in [-0.05, 0) is 0 Å². The smallest absolute Gasteiger partial charge is 0.351 e. The highest BCUT2D eigenvalue weighted by Crippen LogP contribution is 1.85. The zero-order valence-electron chi connectivity index (χ0n) is 5.73. The van der Waals surface area contributed by atoms with Crippen molar-refractivity contribution in [2.75, 3.05) is 0 Å². The summed E-state index contributed by atoms with van der Waals surface area (Å²) in [6.45, 7) is 2.93. The number of thiazole rings is 1. The predicted molar refractivity (Wildman–Crippen MR) is 43.1 cm³/mol. The second kappa shape index (κ2) is 5.43. The van der Waals surface area contributed by atoms with Gasteiger partial charge in [-0.3, -0.25) is 4.98 Å². The van der Waals surface area contributed by atoms with E-state index in [1.165, 1.54) is 0 Å². The Bertz CT molecular complexity index is 191. The Morgan fingerprint density at radius 1 is 1.73 bits per heavy atom. The van der Waals surface area contributed by atoms with Crippen molar-refractivity contribution < 1.29 is 9.90 Å². The van der Waals surface area contributed by atoms with Crippen LogP contribution in [0, 0.1) is 0 Å². The molecule has 0 bridgehead atoms. The molecule has 0 fully saturated rings. The minimum Gasteiger partial charge on any atom is -0.477 e. The summed E-state index contributed by atoms with van der Waals surface area (Å²) in [5, 5.41) is 9.70. The topological polar surface area (TPSA) is 76.2 Å². The molecule has 0 aliphatic carbocycles. The zero-order chi connectivity index (χ0) is 8.69. The van der Waals surface area contributed by atoms with Gasteiger partial charge in [0.15, 0.2) is 0 Å². The van der Waals surface area contributed by atoms with Gasteiger partial charge in [0.2, 0.25) is 0 Å². The van der Waals surface area contributed by atoms with Crippen molar-refractivity contribution in [1.82, 2.24) is 4.98 Å². The van der Waals surface area contributed by atoms with Gasteiger partial charge in [0.25, 0.3) is 0 Å². The van der Waals surface area contributed by atoms with Crippen molar-refractivity contribution in [1.29, 1.82) is 0 Å². The van der Waals surface area contributed by atoms with Gasteiger partial charge in [-0.25, -0.2) is 4.79 Å². The van der Waals surface area contributed by atoms with E-state index in [2.05, 4.69) is 17.3 Å². The summed E-state index contributed by atoms with van der Waals surface area (Å²) in [6, 6.07) is 0. The first-order valence-corrected chi connectivity index (χ1v) is 3.58. The van der Waals surface area contributed by atoms with Crippen LogP contribution in [0.5, 0.6) is 0 Å². The number of carbonyl (C=O) groups is 1. The molecule has 0 atom stereocenters. The monoisotopic (exact) mass is 172 g/mol. The van der Waals surface area contributed by atoms with E-state index in [4.69, 9.17) is 5.11 Å². The van der Waals surface area contributed by atoms with Crippen molar-refractivity contribution in [2.45, 2.75) is 0 Å².